The summed E-state index contributed by atoms with van der Waals surface area (Å²) in [6.45, 7) is 10.8. The standard InChI is InChI=1S/C26H34N8O4/c1-16-14-34(15-17(2)38-16)25-29-20-13-27-31-23(35)21(20)22(30-25)28-18-5-7-19(8-6-18)32-9-11-33(12-10-32)24(36)26(3,4)37/h5-8,13,16-17,37H,9-12,14-15H2,1-4H3,(H,31,35)(H,28,29,30). The molecule has 2 unspecified atom stereocenters. The van der Waals surface area contributed by atoms with Crippen LogP contribution in [-0.2, 0) is 9.53 Å². The highest BCUT2D eigenvalue weighted by Gasteiger charge is 2.31. The molecule has 2 aromatic heterocycles. The molecule has 1 aromatic carbocycles. The Hall–Kier alpha value is -3.77. The lowest BCUT2D eigenvalue weighted by Crippen LogP contribution is -2.54. The van der Waals surface area contributed by atoms with E-state index in [1.807, 2.05) is 38.1 Å². The number of morpholine rings is 1. The average Bonchev–Trinajstić information content (AvgIpc) is 2.87. The third-order valence-corrected chi connectivity index (χ3v) is 6.79. The number of aromatic amines is 1. The Kier molecular flexibility index (Phi) is 6.93. The van der Waals surface area contributed by atoms with Crippen LogP contribution in [0.2, 0.25) is 0 Å². The van der Waals surface area contributed by atoms with Crippen LogP contribution in [0.1, 0.15) is 27.7 Å². The predicted molar refractivity (Wildman–Crippen MR) is 145 cm³/mol. The zero-order valence-corrected chi connectivity index (χ0v) is 22.1. The van der Waals surface area contributed by atoms with Gasteiger partial charge in [-0.05, 0) is 52.0 Å². The van der Waals surface area contributed by atoms with E-state index >= 15 is 0 Å². The van der Waals surface area contributed by atoms with Crippen molar-refractivity contribution in [2.75, 3.05) is 54.4 Å². The van der Waals surface area contributed by atoms with E-state index < -0.39 is 5.60 Å². The van der Waals surface area contributed by atoms with Gasteiger partial charge in [0, 0.05) is 50.6 Å². The lowest BCUT2D eigenvalue weighted by Gasteiger charge is -2.38. The molecule has 0 bridgehead atoms. The molecule has 0 radical (unpaired) electrons. The van der Waals surface area contributed by atoms with Gasteiger partial charge in [0.2, 0.25) is 5.95 Å². The van der Waals surface area contributed by atoms with Crippen LogP contribution in [0.3, 0.4) is 0 Å². The van der Waals surface area contributed by atoms with Crippen LogP contribution in [0.5, 0.6) is 0 Å². The summed E-state index contributed by atoms with van der Waals surface area (Å²) in [5, 5.41) is 20.1. The molecule has 2 saturated heterocycles. The third kappa shape index (κ3) is 5.41. The van der Waals surface area contributed by atoms with Crippen molar-refractivity contribution in [3.05, 3.63) is 40.8 Å². The molecular weight excluding hydrogens is 488 g/mol. The second-order valence-electron chi connectivity index (χ2n) is 10.5. The SMILES string of the molecule is CC1CN(c2nc(Nc3ccc(N4CCN(C(=O)C(C)(C)O)CC4)cc3)c3c(=O)[nH]ncc3n2)CC(C)O1. The Labute approximate surface area is 220 Å². The van der Waals surface area contributed by atoms with E-state index in [1.54, 1.807) is 4.90 Å². The van der Waals surface area contributed by atoms with Gasteiger partial charge in [-0.1, -0.05) is 0 Å². The molecule has 2 fully saturated rings. The Morgan fingerprint density at radius 1 is 1.05 bits per heavy atom. The molecule has 2 atom stereocenters. The van der Waals surface area contributed by atoms with Gasteiger partial charge < -0.3 is 29.9 Å². The molecule has 5 rings (SSSR count). The largest absolute Gasteiger partial charge is 0.381 e. The van der Waals surface area contributed by atoms with Crippen molar-refractivity contribution in [1.29, 1.82) is 0 Å². The van der Waals surface area contributed by atoms with Crippen LogP contribution in [0, 0.1) is 0 Å². The molecule has 12 nitrogen and oxygen atoms in total. The molecule has 0 saturated carbocycles. The molecule has 4 heterocycles. The van der Waals surface area contributed by atoms with Crippen molar-refractivity contribution < 1.29 is 14.6 Å². The summed E-state index contributed by atoms with van der Waals surface area (Å²) >= 11 is 0. The first-order chi connectivity index (χ1) is 18.1. The lowest BCUT2D eigenvalue weighted by molar-refractivity contribution is -0.148. The zero-order valence-electron chi connectivity index (χ0n) is 22.1. The Bertz CT molecular complexity index is 1350. The number of nitrogens with zero attached hydrogens (tertiary/aromatic N) is 6. The first-order valence-corrected chi connectivity index (χ1v) is 12.9. The van der Waals surface area contributed by atoms with Gasteiger partial charge >= 0.3 is 0 Å². The monoisotopic (exact) mass is 522 g/mol. The van der Waals surface area contributed by atoms with Gasteiger partial charge in [-0.3, -0.25) is 9.59 Å². The quantitative estimate of drug-likeness (QED) is 0.451. The number of hydrogen-bond donors (Lipinski definition) is 3. The molecule has 3 aromatic rings. The van der Waals surface area contributed by atoms with Gasteiger partial charge in [0.25, 0.3) is 11.5 Å². The molecule has 2 aliphatic rings. The number of nitrogens with one attached hydrogen (secondary N) is 2. The Morgan fingerprint density at radius 2 is 1.71 bits per heavy atom. The fraction of sp³-hybridized carbons (Fsp3) is 0.500. The smallest absolute Gasteiger partial charge is 0.277 e. The number of carbonyl (C=O) groups is 1. The number of amides is 1. The van der Waals surface area contributed by atoms with E-state index in [2.05, 4.69) is 30.3 Å². The third-order valence-electron chi connectivity index (χ3n) is 6.79. The summed E-state index contributed by atoms with van der Waals surface area (Å²) in [5.74, 6) is 0.677. The number of anilines is 4. The Balaban J connectivity index is 1.35. The summed E-state index contributed by atoms with van der Waals surface area (Å²) in [6.07, 6.45) is 1.61. The predicted octanol–water partition coefficient (Wildman–Crippen LogP) is 1.49. The van der Waals surface area contributed by atoms with Crippen molar-refractivity contribution in [2.24, 2.45) is 0 Å². The van der Waals surface area contributed by atoms with E-state index in [1.165, 1.54) is 20.0 Å². The minimum absolute atomic E-state index is 0.0365. The summed E-state index contributed by atoms with van der Waals surface area (Å²) in [7, 11) is 0. The molecule has 0 aliphatic carbocycles. The van der Waals surface area contributed by atoms with Crippen LogP contribution < -0.4 is 20.7 Å². The van der Waals surface area contributed by atoms with Gasteiger partial charge in [0.05, 0.1) is 18.4 Å². The molecule has 0 spiro atoms. The maximum atomic E-state index is 12.7. The number of aromatic nitrogens is 4. The summed E-state index contributed by atoms with van der Waals surface area (Å²) in [6, 6.07) is 7.87. The number of benzene rings is 1. The first-order valence-electron chi connectivity index (χ1n) is 12.9. The number of hydrogen-bond acceptors (Lipinski definition) is 10. The number of piperazine rings is 1. The van der Waals surface area contributed by atoms with Crippen molar-refractivity contribution in [1.82, 2.24) is 25.1 Å². The normalized spacial score (nSPS) is 20.6. The zero-order chi connectivity index (χ0) is 27.0. The molecule has 1 amide bonds. The van der Waals surface area contributed by atoms with E-state index in [0.717, 1.165) is 11.4 Å². The molecule has 12 heteroatoms. The number of carbonyl (C=O) groups excluding carboxylic acids is 1. The van der Waals surface area contributed by atoms with Gasteiger partial charge in [-0.25, -0.2) is 10.1 Å². The highest BCUT2D eigenvalue weighted by Crippen LogP contribution is 2.27. The summed E-state index contributed by atoms with van der Waals surface area (Å²) < 4.78 is 5.85. The minimum Gasteiger partial charge on any atom is -0.381 e. The summed E-state index contributed by atoms with van der Waals surface area (Å²) in [4.78, 5) is 40.3. The van der Waals surface area contributed by atoms with E-state index in [9.17, 15) is 14.7 Å². The van der Waals surface area contributed by atoms with Crippen molar-refractivity contribution in [3.8, 4) is 0 Å². The molecule has 3 N–H and O–H groups in total. The highest BCUT2D eigenvalue weighted by atomic mass is 16.5. The van der Waals surface area contributed by atoms with Crippen molar-refractivity contribution in [3.63, 3.8) is 0 Å². The van der Waals surface area contributed by atoms with Gasteiger partial charge in [-0.2, -0.15) is 10.1 Å². The molecule has 202 valence electrons. The Morgan fingerprint density at radius 3 is 2.34 bits per heavy atom. The second kappa shape index (κ2) is 10.2. The number of ether oxygens (including phenoxy) is 1. The van der Waals surface area contributed by atoms with E-state index in [4.69, 9.17) is 9.72 Å². The number of H-pyrrole nitrogens is 1. The number of fused-ring (bicyclic) bond motifs is 1. The maximum absolute atomic E-state index is 12.7. The fourth-order valence-electron chi connectivity index (χ4n) is 5.01. The fourth-order valence-corrected chi connectivity index (χ4v) is 5.01. The van der Waals surface area contributed by atoms with Crippen LogP contribution >= 0.6 is 0 Å². The van der Waals surface area contributed by atoms with Gasteiger partial charge in [0.15, 0.2) is 0 Å². The molecule has 38 heavy (non-hydrogen) atoms. The topological polar surface area (TPSA) is 140 Å². The molecule has 2 aliphatic heterocycles. The van der Waals surface area contributed by atoms with Crippen molar-refractivity contribution >= 4 is 40.0 Å². The average molecular weight is 523 g/mol. The van der Waals surface area contributed by atoms with E-state index in [-0.39, 0.29) is 23.7 Å². The van der Waals surface area contributed by atoms with Gasteiger partial charge in [0.1, 0.15) is 22.3 Å². The maximum Gasteiger partial charge on any atom is 0.277 e. The van der Waals surface area contributed by atoms with Crippen LogP contribution in [0.25, 0.3) is 10.9 Å². The van der Waals surface area contributed by atoms with Crippen LogP contribution in [0.15, 0.2) is 35.3 Å². The summed E-state index contributed by atoms with van der Waals surface area (Å²) in [5.41, 5.74) is 0.530. The van der Waals surface area contributed by atoms with Crippen molar-refractivity contribution in [2.45, 2.75) is 45.5 Å². The second-order valence-corrected chi connectivity index (χ2v) is 10.5. The van der Waals surface area contributed by atoms with Crippen LogP contribution in [-0.4, -0.2) is 93.2 Å². The first kappa shape index (κ1) is 25.9. The van der Waals surface area contributed by atoms with Crippen LogP contribution in [0.4, 0.5) is 23.1 Å². The lowest BCUT2D eigenvalue weighted by atomic mass is 10.1. The highest BCUT2D eigenvalue weighted by molar-refractivity contribution is 5.90. The van der Waals surface area contributed by atoms with E-state index in [0.29, 0.717) is 61.9 Å². The minimum atomic E-state index is -1.36. The number of rotatable bonds is 5. The molecular formula is C26H34N8O4. The van der Waals surface area contributed by atoms with Gasteiger partial charge in [-0.15, -0.1) is 0 Å². The number of aliphatic hydroxyl groups is 1.